The first-order valence-corrected chi connectivity index (χ1v) is 9.20. The fourth-order valence-corrected chi connectivity index (χ4v) is 3.64. The van der Waals surface area contributed by atoms with Crippen LogP contribution in [-0.4, -0.2) is 22.9 Å². The molecule has 2 aromatic heterocycles. The number of aromatic nitrogens is 2. The summed E-state index contributed by atoms with van der Waals surface area (Å²) >= 11 is 6.31. The molecule has 116 valence electrons. The van der Waals surface area contributed by atoms with E-state index < -0.39 is 0 Å². The molecule has 0 atom stereocenters. The second-order valence-electron chi connectivity index (χ2n) is 4.59. The molecule has 3 rings (SSSR count). The van der Waals surface area contributed by atoms with E-state index in [0.29, 0.717) is 15.7 Å². The molecule has 3 aromatic rings. The smallest absolute Gasteiger partial charge is 0.262 e. The molecule has 0 N–H and O–H groups in total. The predicted molar refractivity (Wildman–Crippen MR) is 97.3 cm³/mol. The normalized spacial score (nSPS) is 10.5. The first-order valence-electron chi connectivity index (χ1n) is 6.71. The van der Waals surface area contributed by atoms with Gasteiger partial charge in [-0.3, -0.25) is 9.69 Å². The Balaban J connectivity index is 1.88. The largest absolute Gasteiger partial charge is 0.287 e. The maximum absolute atomic E-state index is 12.7. The number of hydrogen-bond acceptors (Lipinski definition) is 5. The molecular weight excluding hydrogens is 394 g/mol. The van der Waals surface area contributed by atoms with Crippen LogP contribution in [0, 0.1) is 0 Å². The van der Waals surface area contributed by atoms with Gasteiger partial charge in [0.25, 0.3) is 5.91 Å². The topological polar surface area (TPSA) is 46.1 Å². The zero-order valence-corrected chi connectivity index (χ0v) is 15.4. The molecule has 0 unspecified atom stereocenters. The lowest BCUT2D eigenvalue weighted by molar-refractivity contribution is 0.0989. The van der Waals surface area contributed by atoms with Crippen molar-refractivity contribution in [2.45, 2.75) is 9.92 Å². The lowest BCUT2D eigenvalue weighted by Gasteiger charge is -2.15. The molecule has 1 amide bonds. The second-order valence-corrected chi connectivity index (χ2v) is 7.44. The molecular formula is C16H12BrN3OS2. The van der Waals surface area contributed by atoms with Crippen LogP contribution in [0.1, 0.15) is 10.4 Å². The number of amides is 1. The van der Waals surface area contributed by atoms with E-state index in [1.165, 1.54) is 23.1 Å². The van der Waals surface area contributed by atoms with Gasteiger partial charge in [0.2, 0.25) is 0 Å². The highest BCUT2D eigenvalue weighted by molar-refractivity contribution is 9.10. The van der Waals surface area contributed by atoms with Gasteiger partial charge in [-0.1, -0.05) is 27.7 Å². The van der Waals surface area contributed by atoms with E-state index >= 15 is 0 Å². The Kier molecular flexibility index (Phi) is 5.09. The van der Waals surface area contributed by atoms with Crippen LogP contribution in [0.4, 0.5) is 5.13 Å². The molecule has 0 saturated heterocycles. The molecule has 23 heavy (non-hydrogen) atoms. The molecule has 0 radical (unpaired) electrons. The Bertz CT molecular complexity index is 806. The first kappa shape index (κ1) is 16.2. The average molecular weight is 406 g/mol. The van der Waals surface area contributed by atoms with Crippen molar-refractivity contribution in [3.8, 4) is 0 Å². The van der Waals surface area contributed by atoms with E-state index in [4.69, 9.17) is 0 Å². The standard InChI is InChI=1S/C16H12BrN3OS2/c1-20(16-19-9-10-22-16)15(21)13-3-2-8-18-14(13)23-12-6-4-11(17)5-7-12/h2-10H,1H3. The van der Waals surface area contributed by atoms with Crippen LogP contribution in [0.25, 0.3) is 0 Å². The van der Waals surface area contributed by atoms with Gasteiger partial charge in [-0.2, -0.15) is 0 Å². The fourth-order valence-electron chi connectivity index (χ4n) is 1.90. The van der Waals surface area contributed by atoms with E-state index in [1.807, 2.05) is 29.6 Å². The van der Waals surface area contributed by atoms with Crippen molar-refractivity contribution < 1.29 is 4.79 Å². The van der Waals surface area contributed by atoms with Gasteiger partial charge >= 0.3 is 0 Å². The summed E-state index contributed by atoms with van der Waals surface area (Å²) < 4.78 is 1.02. The van der Waals surface area contributed by atoms with E-state index in [-0.39, 0.29) is 5.91 Å². The van der Waals surface area contributed by atoms with Gasteiger partial charge in [-0.15, -0.1) is 11.3 Å². The lowest BCUT2D eigenvalue weighted by Crippen LogP contribution is -2.26. The summed E-state index contributed by atoms with van der Waals surface area (Å²) in [4.78, 5) is 23.9. The molecule has 0 aliphatic heterocycles. The maximum Gasteiger partial charge on any atom is 0.262 e. The number of carbonyl (C=O) groups is 1. The third-order valence-corrected chi connectivity index (χ3v) is 5.44. The van der Waals surface area contributed by atoms with Crippen molar-refractivity contribution in [3.05, 3.63) is 64.2 Å². The Morgan fingerprint density at radius 1 is 1.17 bits per heavy atom. The molecule has 0 bridgehead atoms. The van der Waals surface area contributed by atoms with Gasteiger partial charge in [0.05, 0.1) is 5.56 Å². The highest BCUT2D eigenvalue weighted by atomic mass is 79.9. The molecule has 0 spiro atoms. The van der Waals surface area contributed by atoms with Crippen LogP contribution in [0.15, 0.2) is 68.6 Å². The quantitative estimate of drug-likeness (QED) is 0.629. The maximum atomic E-state index is 12.7. The van der Waals surface area contributed by atoms with Gasteiger partial charge in [0.15, 0.2) is 5.13 Å². The zero-order chi connectivity index (χ0) is 16.2. The summed E-state index contributed by atoms with van der Waals surface area (Å²) in [6.07, 6.45) is 3.38. The van der Waals surface area contributed by atoms with Crippen LogP contribution in [0.3, 0.4) is 0 Å². The molecule has 0 aliphatic rings. The number of carbonyl (C=O) groups excluding carboxylic acids is 1. The average Bonchev–Trinajstić information content (AvgIpc) is 3.11. The Morgan fingerprint density at radius 3 is 2.65 bits per heavy atom. The van der Waals surface area contributed by atoms with Crippen molar-refractivity contribution in [2.24, 2.45) is 0 Å². The molecule has 0 saturated carbocycles. The third-order valence-electron chi connectivity index (χ3n) is 3.04. The summed E-state index contributed by atoms with van der Waals surface area (Å²) in [5, 5.41) is 3.20. The van der Waals surface area contributed by atoms with E-state index in [1.54, 1.807) is 36.5 Å². The number of pyridine rings is 1. The fraction of sp³-hybridized carbons (Fsp3) is 0.0625. The van der Waals surface area contributed by atoms with Gasteiger partial charge in [0.1, 0.15) is 5.03 Å². The van der Waals surface area contributed by atoms with Crippen molar-refractivity contribution in [3.63, 3.8) is 0 Å². The Hall–Kier alpha value is -1.70. The summed E-state index contributed by atoms with van der Waals surface area (Å²) in [7, 11) is 1.72. The van der Waals surface area contributed by atoms with Crippen molar-refractivity contribution in [1.29, 1.82) is 0 Å². The first-order chi connectivity index (χ1) is 11.1. The van der Waals surface area contributed by atoms with E-state index in [2.05, 4.69) is 25.9 Å². The van der Waals surface area contributed by atoms with Crippen LogP contribution < -0.4 is 4.90 Å². The van der Waals surface area contributed by atoms with Crippen molar-refractivity contribution >= 4 is 50.1 Å². The number of halogens is 1. The Morgan fingerprint density at radius 2 is 1.96 bits per heavy atom. The highest BCUT2D eigenvalue weighted by Crippen LogP contribution is 2.30. The zero-order valence-electron chi connectivity index (χ0n) is 12.1. The molecule has 7 heteroatoms. The van der Waals surface area contributed by atoms with Gasteiger partial charge in [-0.25, -0.2) is 9.97 Å². The molecule has 0 fully saturated rings. The number of benzene rings is 1. The van der Waals surface area contributed by atoms with Gasteiger partial charge < -0.3 is 0 Å². The minimum Gasteiger partial charge on any atom is -0.287 e. The van der Waals surface area contributed by atoms with Crippen LogP contribution in [-0.2, 0) is 0 Å². The number of anilines is 1. The summed E-state index contributed by atoms with van der Waals surface area (Å²) in [5.41, 5.74) is 0.568. The number of hydrogen-bond donors (Lipinski definition) is 0. The summed E-state index contributed by atoms with van der Waals surface area (Å²) in [6.45, 7) is 0. The summed E-state index contributed by atoms with van der Waals surface area (Å²) in [6, 6.07) is 11.5. The number of thiazole rings is 1. The second kappa shape index (κ2) is 7.25. The van der Waals surface area contributed by atoms with Crippen molar-refractivity contribution in [1.82, 2.24) is 9.97 Å². The minimum atomic E-state index is -0.118. The Labute approximate surface area is 150 Å². The number of rotatable bonds is 4. The third kappa shape index (κ3) is 3.80. The molecule has 2 heterocycles. The molecule has 1 aromatic carbocycles. The van der Waals surface area contributed by atoms with Gasteiger partial charge in [0, 0.05) is 34.2 Å². The predicted octanol–water partition coefficient (Wildman–Crippen LogP) is 4.73. The van der Waals surface area contributed by atoms with E-state index in [0.717, 1.165) is 9.37 Å². The lowest BCUT2D eigenvalue weighted by atomic mass is 10.2. The highest BCUT2D eigenvalue weighted by Gasteiger charge is 2.19. The minimum absolute atomic E-state index is 0.118. The SMILES string of the molecule is CN(C(=O)c1cccnc1Sc1ccc(Br)cc1)c1nccs1. The van der Waals surface area contributed by atoms with Crippen LogP contribution in [0.5, 0.6) is 0 Å². The van der Waals surface area contributed by atoms with Crippen LogP contribution >= 0.6 is 39.0 Å². The summed E-state index contributed by atoms with van der Waals surface area (Å²) in [5.74, 6) is -0.118. The number of nitrogens with zero attached hydrogens (tertiary/aromatic N) is 3. The van der Waals surface area contributed by atoms with Gasteiger partial charge in [-0.05, 0) is 36.4 Å². The monoisotopic (exact) mass is 405 g/mol. The molecule has 4 nitrogen and oxygen atoms in total. The van der Waals surface area contributed by atoms with E-state index in [9.17, 15) is 4.79 Å². The molecule has 0 aliphatic carbocycles. The van der Waals surface area contributed by atoms with Crippen molar-refractivity contribution in [2.75, 3.05) is 11.9 Å². The van der Waals surface area contributed by atoms with Crippen LogP contribution in [0.2, 0.25) is 0 Å².